The summed E-state index contributed by atoms with van der Waals surface area (Å²) in [5.74, 6) is 0. The van der Waals surface area contributed by atoms with Crippen molar-refractivity contribution in [1.29, 1.82) is 0 Å². The van der Waals surface area contributed by atoms with Gasteiger partial charge in [0.2, 0.25) is 0 Å². The summed E-state index contributed by atoms with van der Waals surface area (Å²) in [4.78, 5) is 2.61. The van der Waals surface area contributed by atoms with E-state index in [1.54, 1.807) is 0 Å². The third-order valence-electron chi connectivity index (χ3n) is 3.56. The van der Waals surface area contributed by atoms with Crippen molar-refractivity contribution < 1.29 is 5.11 Å². The number of rotatable bonds is 10. The van der Waals surface area contributed by atoms with Crippen molar-refractivity contribution >= 4 is 0 Å². The Kier molecular flexibility index (Phi) is 8.67. The molecule has 0 radical (unpaired) electrons. The smallest absolute Gasteiger partial charge is 0.0431 e. The average molecular weight is 242 g/mol. The van der Waals surface area contributed by atoms with Gasteiger partial charge in [-0.2, -0.15) is 0 Å². The summed E-state index contributed by atoms with van der Waals surface area (Å²) < 4.78 is 0. The molecule has 1 aliphatic rings. The van der Waals surface area contributed by atoms with Crippen LogP contribution in [0.25, 0.3) is 0 Å². The summed E-state index contributed by atoms with van der Waals surface area (Å²) in [5, 5.41) is 12.3. The molecular weight excluding hydrogens is 212 g/mol. The number of aliphatic hydroxyl groups is 1. The lowest BCUT2D eigenvalue weighted by atomic mass is 10.1. The first-order valence-electron chi connectivity index (χ1n) is 7.43. The van der Waals surface area contributed by atoms with Crippen molar-refractivity contribution in [2.45, 2.75) is 57.9 Å². The van der Waals surface area contributed by atoms with E-state index in [4.69, 9.17) is 5.11 Å². The molecule has 3 nitrogen and oxygen atoms in total. The Balaban J connectivity index is 2.08. The Morgan fingerprint density at radius 1 is 1.18 bits per heavy atom. The van der Waals surface area contributed by atoms with Crippen molar-refractivity contribution in [3.8, 4) is 0 Å². The molecule has 102 valence electrons. The Labute approximate surface area is 107 Å². The number of nitrogens with zero attached hydrogens (tertiary/aromatic N) is 1. The van der Waals surface area contributed by atoms with E-state index in [0.717, 1.165) is 12.5 Å². The maximum absolute atomic E-state index is 8.73. The number of unbranched alkanes of at least 4 members (excludes halogenated alkanes) is 3. The van der Waals surface area contributed by atoms with E-state index >= 15 is 0 Å². The molecule has 3 heteroatoms. The van der Waals surface area contributed by atoms with Crippen LogP contribution < -0.4 is 5.32 Å². The predicted octanol–water partition coefficient (Wildman–Crippen LogP) is 2.00. The summed E-state index contributed by atoms with van der Waals surface area (Å²) in [6, 6.07) is 0.735. The predicted molar refractivity (Wildman–Crippen MR) is 73.3 cm³/mol. The summed E-state index contributed by atoms with van der Waals surface area (Å²) >= 11 is 0. The highest BCUT2D eigenvalue weighted by atomic mass is 16.2. The molecular formula is C14H30N2O. The van der Waals surface area contributed by atoms with Gasteiger partial charge < -0.3 is 15.3 Å². The normalized spacial score (nSPS) is 20.3. The molecule has 0 aromatic heterocycles. The highest BCUT2D eigenvalue weighted by Gasteiger charge is 2.16. The lowest BCUT2D eigenvalue weighted by Gasteiger charge is -2.25. The largest absolute Gasteiger partial charge is 0.396 e. The highest BCUT2D eigenvalue weighted by Crippen LogP contribution is 2.09. The quantitative estimate of drug-likeness (QED) is 0.575. The van der Waals surface area contributed by atoms with Gasteiger partial charge in [0.15, 0.2) is 0 Å². The van der Waals surface area contributed by atoms with Crippen LogP contribution in [-0.4, -0.2) is 48.8 Å². The number of hydrogen-bond acceptors (Lipinski definition) is 3. The van der Waals surface area contributed by atoms with Crippen LogP contribution in [0.4, 0.5) is 0 Å². The van der Waals surface area contributed by atoms with E-state index in [0.29, 0.717) is 6.61 Å². The van der Waals surface area contributed by atoms with E-state index in [-0.39, 0.29) is 0 Å². The molecule has 1 rings (SSSR count). The highest BCUT2D eigenvalue weighted by molar-refractivity contribution is 4.77. The van der Waals surface area contributed by atoms with Gasteiger partial charge in [-0.1, -0.05) is 19.8 Å². The summed E-state index contributed by atoms with van der Waals surface area (Å²) in [7, 11) is 0. The van der Waals surface area contributed by atoms with Crippen molar-refractivity contribution in [3.63, 3.8) is 0 Å². The third-order valence-corrected chi connectivity index (χ3v) is 3.56. The van der Waals surface area contributed by atoms with Crippen molar-refractivity contribution in [1.82, 2.24) is 10.2 Å². The van der Waals surface area contributed by atoms with Gasteiger partial charge in [-0.3, -0.25) is 0 Å². The van der Waals surface area contributed by atoms with Gasteiger partial charge in [0.05, 0.1) is 0 Å². The van der Waals surface area contributed by atoms with Gasteiger partial charge in [-0.25, -0.2) is 0 Å². The number of nitrogens with one attached hydrogen (secondary N) is 1. The molecule has 1 aliphatic heterocycles. The zero-order chi connectivity index (χ0) is 12.3. The third kappa shape index (κ3) is 7.02. The van der Waals surface area contributed by atoms with Gasteiger partial charge in [0.25, 0.3) is 0 Å². The fourth-order valence-electron chi connectivity index (χ4n) is 2.64. The van der Waals surface area contributed by atoms with E-state index in [2.05, 4.69) is 17.1 Å². The molecule has 2 N–H and O–H groups in total. The zero-order valence-corrected chi connectivity index (χ0v) is 11.5. The molecule has 17 heavy (non-hydrogen) atoms. The average Bonchev–Trinajstić information content (AvgIpc) is 2.82. The second kappa shape index (κ2) is 9.86. The van der Waals surface area contributed by atoms with Crippen LogP contribution >= 0.6 is 0 Å². The summed E-state index contributed by atoms with van der Waals surface area (Å²) in [5.41, 5.74) is 0. The Hall–Kier alpha value is -0.120. The second-order valence-electron chi connectivity index (χ2n) is 5.23. The van der Waals surface area contributed by atoms with Crippen LogP contribution in [0.1, 0.15) is 51.9 Å². The Morgan fingerprint density at radius 2 is 2.00 bits per heavy atom. The fraction of sp³-hybridized carbons (Fsp3) is 1.00. The van der Waals surface area contributed by atoms with E-state index in [1.807, 2.05) is 0 Å². The maximum atomic E-state index is 8.73. The van der Waals surface area contributed by atoms with Crippen LogP contribution in [0.3, 0.4) is 0 Å². The number of aliphatic hydroxyl groups excluding tert-OH is 1. The molecule has 0 saturated carbocycles. The Bertz CT molecular complexity index is 170. The molecule has 1 saturated heterocycles. The molecule has 1 fully saturated rings. The van der Waals surface area contributed by atoms with Gasteiger partial charge >= 0.3 is 0 Å². The molecule has 0 amide bonds. The van der Waals surface area contributed by atoms with Crippen LogP contribution in [0.2, 0.25) is 0 Å². The summed E-state index contributed by atoms with van der Waals surface area (Å²) in [6.45, 7) is 7.52. The van der Waals surface area contributed by atoms with Crippen molar-refractivity contribution in [2.24, 2.45) is 0 Å². The van der Waals surface area contributed by atoms with Gasteiger partial charge in [0, 0.05) is 19.2 Å². The van der Waals surface area contributed by atoms with Gasteiger partial charge in [-0.15, -0.1) is 0 Å². The van der Waals surface area contributed by atoms with Crippen molar-refractivity contribution in [2.75, 3.05) is 32.8 Å². The zero-order valence-electron chi connectivity index (χ0n) is 11.5. The van der Waals surface area contributed by atoms with Crippen molar-refractivity contribution in [3.05, 3.63) is 0 Å². The SMILES string of the molecule is CCCN(CCCCCCO)CC1CCCN1. The van der Waals surface area contributed by atoms with Gasteiger partial charge in [0.1, 0.15) is 0 Å². The van der Waals surface area contributed by atoms with Crippen LogP contribution in [0.15, 0.2) is 0 Å². The fourth-order valence-corrected chi connectivity index (χ4v) is 2.64. The minimum Gasteiger partial charge on any atom is -0.396 e. The lowest BCUT2D eigenvalue weighted by Crippen LogP contribution is -2.38. The first-order chi connectivity index (χ1) is 8.36. The first kappa shape index (κ1) is 14.9. The number of hydrogen-bond donors (Lipinski definition) is 2. The first-order valence-corrected chi connectivity index (χ1v) is 7.43. The summed E-state index contributed by atoms with van der Waals surface area (Å²) in [6.07, 6.45) is 8.65. The second-order valence-corrected chi connectivity index (χ2v) is 5.23. The molecule has 1 heterocycles. The topological polar surface area (TPSA) is 35.5 Å². The molecule has 0 aromatic carbocycles. The van der Waals surface area contributed by atoms with Crippen LogP contribution in [-0.2, 0) is 0 Å². The monoisotopic (exact) mass is 242 g/mol. The van der Waals surface area contributed by atoms with E-state index < -0.39 is 0 Å². The molecule has 0 aliphatic carbocycles. The lowest BCUT2D eigenvalue weighted by molar-refractivity contribution is 0.240. The standard InChI is InChI=1S/C14H30N2O/c1-2-10-16(11-5-3-4-6-12-17)13-14-8-7-9-15-14/h14-15,17H,2-13H2,1H3. The van der Waals surface area contributed by atoms with Gasteiger partial charge in [-0.05, 0) is 51.7 Å². The molecule has 1 atom stereocenters. The van der Waals surface area contributed by atoms with E-state index in [1.165, 1.54) is 64.7 Å². The molecule has 0 bridgehead atoms. The molecule has 1 unspecified atom stereocenters. The molecule has 0 aromatic rings. The molecule has 0 spiro atoms. The Morgan fingerprint density at radius 3 is 2.65 bits per heavy atom. The van der Waals surface area contributed by atoms with Crippen LogP contribution in [0.5, 0.6) is 0 Å². The minimum absolute atomic E-state index is 0.352. The maximum Gasteiger partial charge on any atom is 0.0431 e. The van der Waals surface area contributed by atoms with Crippen LogP contribution in [0, 0.1) is 0 Å². The minimum atomic E-state index is 0.352. The van der Waals surface area contributed by atoms with E-state index in [9.17, 15) is 0 Å².